The molecule has 0 fully saturated rings. The number of allylic oxidation sites excluding steroid dienone is 1. The lowest BCUT2D eigenvalue weighted by atomic mass is 9.94. The molecule has 1 atom stereocenters. The first-order valence-corrected chi connectivity index (χ1v) is 11.2. The molecule has 0 radical (unpaired) electrons. The van der Waals surface area contributed by atoms with Crippen molar-refractivity contribution in [1.82, 2.24) is 20.4 Å². The summed E-state index contributed by atoms with van der Waals surface area (Å²) < 4.78 is 32.6. The highest BCUT2D eigenvalue weighted by Crippen LogP contribution is 2.38. The number of hydrogen-bond acceptors (Lipinski definition) is 4. The van der Waals surface area contributed by atoms with Gasteiger partial charge in [0, 0.05) is 16.3 Å². The second-order valence-electron chi connectivity index (χ2n) is 8.04. The van der Waals surface area contributed by atoms with E-state index in [0.29, 0.717) is 27.4 Å². The summed E-state index contributed by atoms with van der Waals surface area (Å²) in [6.07, 6.45) is 0. The van der Waals surface area contributed by atoms with Crippen molar-refractivity contribution in [3.05, 3.63) is 112 Å². The van der Waals surface area contributed by atoms with Crippen LogP contribution in [0.25, 0.3) is 17.0 Å². The van der Waals surface area contributed by atoms with Crippen molar-refractivity contribution >= 4 is 23.2 Å². The quantitative estimate of drug-likeness (QED) is 0.351. The maximum absolute atomic E-state index is 13.6. The monoisotopic (exact) mass is 492 g/mol. The summed E-state index contributed by atoms with van der Waals surface area (Å²) in [7, 11) is 0. The largest absolute Gasteiger partial charge is 0.334 e. The molecule has 9 heteroatoms. The fourth-order valence-electron chi connectivity index (χ4n) is 4.00. The van der Waals surface area contributed by atoms with E-state index in [9.17, 15) is 13.6 Å². The molecule has 0 spiro atoms. The van der Waals surface area contributed by atoms with Crippen LogP contribution in [0.5, 0.6) is 0 Å². The summed E-state index contributed by atoms with van der Waals surface area (Å²) in [6, 6.07) is 17.8. The van der Waals surface area contributed by atoms with Gasteiger partial charge < -0.3 is 9.84 Å². The van der Waals surface area contributed by atoms with Crippen LogP contribution in [0.3, 0.4) is 0 Å². The van der Waals surface area contributed by atoms with E-state index in [1.165, 1.54) is 24.3 Å². The van der Waals surface area contributed by atoms with E-state index in [0.717, 1.165) is 5.56 Å². The third kappa shape index (κ3) is 4.52. The lowest BCUT2D eigenvalue weighted by Gasteiger charge is -2.35. The van der Waals surface area contributed by atoms with Gasteiger partial charge in [-0.1, -0.05) is 47.1 Å². The van der Waals surface area contributed by atoms with Crippen LogP contribution in [0.15, 0.2) is 83.0 Å². The Kier molecular flexibility index (Phi) is 6.05. The second kappa shape index (κ2) is 9.31. The molecule has 3 aromatic carbocycles. The minimum atomic E-state index is -0.660. The number of nitrogens with zero attached hydrogens (tertiary/aromatic N) is 3. The molecule has 1 unspecified atom stereocenters. The van der Waals surface area contributed by atoms with Gasteiger partial charge in [-0.05, 0) is 60.5 Å². The first-order chi connectivity index (χ1) is 16.9. The lowest BCUT2D eigenvalue weighted by Crippen LogP contribution is -2.45. The third-order valence-corrected chi connectivity index (χ3v) is 6.21. The molecule has 1 aliphatic heterocycles. The summed E-state index contributed by atoms with van der Waals surface area (Å²) in [6.45, 7) is 2.00. The normalized spacial score (nSPS) is 15.9. The number of halogens is 3. The fraction of sp³-hybridized carbons (Fsp3) is 0.115. The molecular weight excluding hydrogens is 474 g/mol. The van der Waals surface area contributed by atoms with Crippen molar-refractivity contribution in [2.24, 2.45) is 0 Å². The minimum absolute atomic E-state index is 0.181. The Labute approximate surface area is 204 Å². The average Bonchev–Trinajstić information content (AvgIpc) is 3.33. The molecule has 2 heterocycles. The van der Waals surface area contributed by atoms with Gasteiger partial charge in [0.1, 0.15) is 11.6 Å². The predicted molar refractivity (Wildman–Crippen MR) is 127 cm³/mol. The van der Waals surface area contributed by atoms with Crippen LogP contribution >= 0.6 is 11.6 Å². The standard InChI is InChI=1S/C26H19ClF2N4O2/c1-15-22(25-31-24(32-35-25)17-8-12-20(29)13-9-17)23(16-6-10-19(28)11-7-16)30-26(34)33(15)14-18-4-2-3-5-21(18)27/h2-13,23H,14H2,1H3,(H,30,34). The molecule has 1 aliphatic rings. The first-order valence-electron chi connectivity index (χ1n) is 10.8. The molecule has 0 aliphatic carbocycles. The Hall–Kier alpha value is -4.04. The third-order valence-electron chi connectivity index (χ3n) is 5.84. The zero-order chi connectivity index (χ0) is 24.5. The van der Waals surface area contributed by atoms with Gasteiger partial charge >= 0.3 is 6.03 Å². The van der Waals surface area contributed by atoms with E-state index < -0.39 is 11.9 Å². The summed E-state index contributed by atoms with van der Waals surface area (Å²) in [5.41, 5.74) is 3.13. The number of urea groups is 1. The van der Waals surface area contributed by atoms with E-state index in [1.807, 2.05) is 18.2 Å². The Morgan fingerprint density at radius 3 is 2.34 bits per heavy atom. The van der Waals surface area contributed by atoms with Gasteiger partial charge in [-0.2, -0.15) is 4.98 Å². The summed E-state index contributed by atoms with van der Waals surface area (Å²) in [5, 5.41) is 7.55. The Morgan fingerprint density at radius 1 is 1.00 bits per heavy atom. The number of benzene rings is 3. The van der Waals surface area contributed by atoms with E-state index >= 15 is 0 Å². The number of rotatable bonds is 5. The zero-order valence-corrected chi connectivity index (χ0v) is 19.3. The summed E-state index contributed by atoms with van der Waals surface area (Å²) in [4.78, 5) is 19.2. The highest BCUT2D eigenvalue weighted by Gasteiger charge is 2.36. The van der Waals surface area contributed by atoms with Gasteiger partial charge in [-0.3, -0.25) is 4.90 Å². The Balaban J connectivity index is 1.60. The average molecular weight is 493 g/mol. The van der Waals surface area contributed by atoms with Crippen LogP contribution in [0.1, 0.15) is 30.0 Å². The van der Waals surface area contributed by atoms with Crippen molar-refractivity contribution in [3.8, 4) is 11.4 Å². The van der Waals surface area contributed by atoms with Crippen LogP contribution in [0.4, 0.5) is 13.6 Å². The lowest BCUT2D eigenvalue weighted by molar-refractivity contribution is 0.203. The van der Waals surface area contributed by atoms with Crippen molar-refractivity contribution in [2.75, 3.05) is 0 Å². The van der Waals surface area contributed by atoms with Crippen LogP contribution in [-0.4, -0.2) is 21.1 Å². The van der Waals surface area contributed by atoms with Gasteiger partial charge in [-0.15, -0.1) is 0 Å². The van der Waals surface area contributed by atoms with E-state index in [-0.39, 0.29) is 30.1 Å². The van der Waals surface area contributed by atoms with Crippen molar-refractivity contribution < 1.29 is 18.1 Å². The maximum Gasteiger partial charge on any atom is 0.322 e. The van der Waals surface area contributed by atoms with Crippen LogP contribution in [0.2, 0.25) is 5.02 Å². The van der Waals surface area contributed by atoms with Crippen LogP contribution < -0.4 is 5.32 Å². The first kappa shape index (κ1) is 22.7. The van der Waals surface area contributed by atoms with Crippen LogP contribution in [-0.2, 0) is 6.54 Å². The molecule has 2 amide bonds. The molecule has 5 rings (SSSR count). The number of amides is 2. The number of nitrogens with one attached hydrogen (secondary N) is 1. The van der Waals surface area contributed by atoms with Gasteiger partial charge in [-0.25, -0.2) is 13.6 Å². The maximum atomic E-state index is 13.6. The topological polar surface area (TPSA) is 71.3 Å². The SMILES string of the molecule is CC1=C(c2nc(-c3ccc(F)cc3)no2)C(c2ccc(F)cc2)NC(=O)N1Cc1ccccc1Cl. The smallest absolute Gasteiger partial charge is 0.322 e. The van der Waals surface area contributed by atoms with Crippen molar-refractivity contribution in [3.63, 3.8) is 0 Å². The molecule has 1 N–H and O–H groups in total. The number of carbonyl (C=O) groups is 1. The number of carbonyl (C=O) groups excluding carboxylic acids is 1. The van der Waals surface area contributed by atoms with Gasteiger partial charge in [0.05, 0.1) is 18.2 Å². The molecular formula is C26H19ClF2N4O2. The molecule has 35 heavy (non-hydrogen) atoms. The van der Waals surface area contributed by atoms with Gasteiger partial charge in [0.2, 0.25) is 5.82 Å². The fourth-order valence-corrected chi connectivity index (χ4v) is 4.20. The zero-order valence-electron chi connectivity index (χ0n) is 18.5. The summed E-state index contributed by atoms with van der Waals surface area (Å²) >= 11 is 6.34. The molecule has 0 saturated heterocycles. The molecule has 1 aromatic heterocycles. The highest BCUT2D eigenvalue weighted by molar-refractivity contribution is 6.31. The number of aromatic nitrogens is 2. The van der Waals surface area contributed by atoms with E-state index in [4.69, 9.17) is 16.1 Å². The predicted octanol–water partition coefficient (Wildman–Crippen LogP) is 6.37. The Morgan fingerprint density at radius 2 is 1.66 bits per heavy atom. The molecule has 0 saturated carbocycles. The molecule has 176 valence electrons. The van der Waals surface area contributed by atoms with Gasteiger partial charge in [0.25, 0.3) is 5.89 Å². The molecule has 6 nitrogen and oxygen atoms in total. The second-order valence-corrected chi connectivity index (χ2v) is 8.45. The number of hydrogen-bond donors (Lipinski definition) is 1. The molecule has 4 aromatic rings. The minimum Gasteiger partial charge on any atom is -0.334 e. The van der Waals surface area contributed by atoms with Crippen molar-refractivity contribution in [2.45, 2.75) is 19.5 Å². The van der Waals surface area contributed by atoms with Gasteiger partial charge in [0.15, 0.2) is 0 Å². The highest BCUT2D eigenvalue weighted by atomic mass is 35.5. The summed E-state index contributed by atoms with van der Waals surface area (Å²) in [5.74, 6) is -0.319. The van der Waals surface area contributed by atoms with Crippen molar-refractivity contribution in [1.29, 1.82) is 0 Å². The Bertz CT molecular complexity index is 1420. The van der Waals surface area contributed by atoms with Crippen LogP contribution in [0, 0.1) is 11.6 Å². The van der Waals surface area contributed by atoms with E-state index in [1.54, 1.807) is 42.2 Å². The molecule has 0 bridgehead atoms. The van der Waals surface area contributed by atoms with E-state index in [2.05, 4.69) is 15.5 Å².